The fourth-order valence-electron chi connectivity index (χ4n) is 3.65. The van der Waals surface area contributed by atoms with Gasteiger partial charge in [0.15, 0.2) is 5.76 Å². The first-order valence-corrected chi connectivity index (χ1v) is 9.73. The zero-order valence-corrected chi connectivity index (χ0v) is 17.3. The first kappa shape index (κ1) is 19.5. The van der Waals surface area contributed by atoms with Crippen LogP contribution in [-0.4, -0.2) is 32.5 Å². The van der Waals surface area contributed by atoms with Gasteiger partial charge in [-0.15, -0.1) is 0 Å². The van der Waals surface area contributed by atoms with Crippen LogP contribution < -0.4 is 0 Å². The number of carbonyl (C=O) groups excluding carboxylic acids is 1. The molecule has 0 saturated carbocycles. The Kier molecular flexibility index (Phi) is 5.36. The van der Waals surface area contributed by atoms with E-state index >= 15 is 0 Å². The molecule has 0 N–H and O–H groups in total. The summed E-state index contributed by atoms with van der Waals surface area (Å²) in [7, 11) is 0. The number of aryl methyl sites for hydroxylation is 2. The molecule has 1 fully saturated rings. The van der Waals surface area contributed by atoms with Gasteiger partial charge >= 0.3 is 0 Å². The normalized spacial score (nSPS) is 18.0. The molecule has 1 amide bonds. The molecule has 1 aliphatic rings. The predicted molar refractivity (Wildman–Crippen MR) is 104 cm³/mol. The second-order valence-electron chi connectivity index (χ2n) is 8.77. The molecule has 0 aliphatic carbocycles. The first-order valence-electron chi connectivity index (χ1n) is 9.73. The highest BCUT2D eigenvalue weighted by molar-refractivity contribution is 5.78. The number of amides is 1. The molecule has 0 spiro atoms. The van der Waals surface area contributed by atoms with Gasteiger partial charge in [0, 0.05) is 24.7 Å². The maximum absolute atomic E-state index is 13.0. The lowest BCUT2D eigenvalue weighted by Crippen LogP contribution is -2.40. The van der Waals surface area contributed by atoms with Crippen molar-refractivity contribution in [2.24, 2.45) is 5.41 Å². The van der Waals surface area contributed by atoms with Gasteiger partial charge in [0.25, 0.3) is 0 Å². The molecule has 0 aromatic carbocycles. The quantitative estimate of drug-likeness (QED) is 0.793. The smallest absolute Gasteiger partial charge is 0.223 e. The fourth-order valence-corrected chi connectivity index (χ4v) is 3.65. The second kappa shape index (κ2) is 7.41. The molecule has 146 valence electrons. The molecule has 1 saturated heterocycles. The zero-order valence-electron chi connectivity index (χ0n) is 17.3. The van der Waals surface area contributed by atoms with Gasteiger partial charge in [-0.25, -0.2) is 9.97 Å². The molecule has 3 heterocycles. The van der Waals surface area contributed by atoms with E-state index in [2.05, 4.69) is 30.9 Å². The van der Waals surface area contributed by atoms with Gasteiger partial charge in [0.05, 0.1) is 23.0 Å². The van der Waals surface area contributed by atoms with E-state index in [1.54, 1.807) is 0 Å². The Morgan fingerprint density at radius 1 is 1.26 bits per heavy atom. The Morgan fingerprint density at radius 3 is 2.63 bits per heavy atom. The average Bonchev–Trinajstić information content (AvgIpc) is 2.92. The molecule has 1 atom stereocenters. The maximum atomic E-state index is 13.0. The third kappa shape index (κ3) is 4.20. The summed E-state index contributed by atoms with van der Waals surface area (Å²) in [6.07, 6.45) is 5.37. The molecule has 6 heteroatoms. The average molecular weight is 370 g/mol. The molecule has 6 nitrogen and oxygen atoms in total. The van der Waals surface area contributed by atoms with Crippen LogP contribution in [0.25, 0.3) is 11.3 Å². The van der Waals surface area contributed by atoms with Crippen molar-refractivity contribution < 1.29 is 9.32 Å². The summed E-state index contributed by atoms with van der Waals surface area (Å²) in [6, 6.07) is -0.0462. The lowest BCUT2D eigenvalue weighted by Gasteiger charge is -2.37. The number of hydrogen-bond acceptors (Lipinski definition) is 5. The van der Waals surface area contributed by atoms with Crippen molar-refractivity contribution in [3.05, 3.63) is 29.0 Å². The Balaban J connectivity index is 2.04. The molecule has 1 aliphatic heterocycles. The minimum atomic E-state index is -0.0462. The van der Waals surface area contributed by atoms with Crippen molar-refractivity contribution in [3.63, 3.8) is 0 Å². The number of hydrogen-bond donors (Lipinski definition) is 0. The number of aromatic nitrogens is 3. The number of nitrogens with zero attached hydrogens (tertiary/aromatic N) is 4. The van der Waals surface area contributed by atoms with Gasteiger partial charge in [0.1, 0.15) is 5.82 Å². The van der Waals surface area contributed by atoms with Crippen LogP contribution in [0.4, 0.5) is 0 Å². The summed E-state index contributed by atoms with van der Waals surface area (Å²) in [5, 5.41) is 4.09. The van der Waals surface area contributed by atoms with Crippen LogP contribution in [-0.2, 0) is 4.79 Å². The zero-order chi connectivity index (χ0) is 19.8. The third-order valence-electron chi connectivity index (χ3n) is 5.16. The Bertz CT molecular complexity index is 835. The minimum Gasteiger partial charge on any atom is -0.356 e. The first-order chi connectivity index (χ1) is 12.7. The Hall–Kier alpha value is -2.24. The van der Waals surface area contributed by atoms with Gasteiger partial charge in [-0.1, -0.05) is 25.9 Å². The molecular weight excluding hydrogens is 340 g/mol. The summed E-state index contributed by atoms with van der Waals surface area (Å²) < 4.78 is 5.60. The summed E-state index contributed by atoms with van der Waals surface area (Å²) in [5.74, 6) is 1.60. The van der Waals surface area contributed by atoms with Crippen LogP contribution in [0, 0.1) is 26.2 Å². The molecular formula is C21H30N4O2. The monoisotopic (exact) mass is 370 g/mol. The van der Waals surface area contributed by atoms with Gasteiger partial charge in [-0.2, -0.15) is 0 Å². The standard InChI is InChI=1S/C21H30N4O2/c1-13-14(2)24-27-20(13)16-12-22-15(3)23-19(16)17-9-7-8-10-25(17)18(26)11-21(4,5)6/h12,17H,7-11H2,1-6H3. The van der Waals surface area contributed by atoms with Crippen molar-refractivity contribution in [2.45, 2.75) is 73.3 Å². The summed E-state index contributed by atoms with van der Waals surface area (Å²) in [5.41, 5.74) is 3.54. The van der Waals surface area contributed by atoms with Crippen molar-refractivity contribution in [1.29, 1.82) is 0 Å². The van der Waals surface area contributed by atoms with E-state index in [1.807, 2.05) is 31.9 Å². The van der Waals surface area contributed by atoms with Gasteiger partial charge in [-0.3, -0.25) is 4.79 Å². The van der Waals surface area contributed by atoms with Crippen molar-refractivity contribution >= 4 is 5.91 Å². The van der Waals surface area contributed by atoms with Crippen molar-refractivity contribution in [3.8, 4) is 11.3 Å². The molecule has 3 rings (SSSR count). The highest BCUT2D eigenvalue weighted by Crippen LogP contribution is 2.38. The largest absolute Gasteiger partial charge is 0.356 e. The molecule has 0 radical (unpaired) electrons. The van der Waals surface area contributed by atoms with E-state index in [0.29, 0.717) is 18.0 Å². The molecule has 1 unspecified atom stereocenters. The van der Waals surface area contributed by atoms with E-state index in [0.717, 1.165) is 48.3 Å². The molecule has 0 bridgehead atoms. The fraction of sp³-hybridized carbons (Fsp3) is 0.619. The van der Waals surface area contributed by atoms with E-state index in [4.69, 9.17) is 9.51 Å². The van der Waals surface area contributed by atoms with Crippen LogP contribution in [0.2, 0.25) is 0 Å². The van der Waals surface area contributed by atoms with Gasteiger partial charge in [-0.05, 0) is 45.4 Å². The SMILES string of the molecule is Cc1ncc(-c2onc(C)c2C)c(C2CCCCN2C(=O)CC(C)(C)C)n1. The van der Waals surface area contributed by atoms with Gasteiger partial charge in [0.2, 0.25) is 5.91 Å². The number of rotatable bonds is 3. The van der Waals surface area contributed by atoms with Crippen LogP contribution in [0.3, 0.4) is 0 Å². The van der Waals surface area contributed by atoms with E-state index in [-0.39, 0.29) is 17.4 Å². The molecule has 2 aromatic rings. The van der Waals surface area contributed by atoms with Crippen molar-refractivity contribution in [2.75, 3.05) is 6.54 Å². The lowest BCUT2D eigenvalue weighted by molar-refractivity contribution is -0.137. The topological polar surface area (TPSA) is 72.1 Å². The molecule has 2 aromatic heterocycles. The predicted octanol–water partition coefficient (Wildman–Crippen LogP) is 4.55. The van der Waals surface area contributed by atoms with Crippen LogP contribution in [0.15, 0.2) is 10.7 Å². The Morgan fingerprint density at radius 2 is 2.00 bits per heavy atom. The summed E-state index contributed by atoms with van der Waals surface area (Å²) in [6.45, 7) is 12.9. The molecule has 27 heavy (non-hydrogen) atoms. The maximum Gasteiger partial charge on any atom is 0.223 e. The van der Waals surface area contributed by atoms with E-state index < -0.39 is 0 Å². The van der Waals surface area contributed by atoms with Crippen LogP contribution in [0.5, 0.6) is 0 Å². The van der Waals surface area contributed by atoms with Crippen LogP contribution >= 0.6 is 0 Å². The summed E-state index contributed by atoms with van der Waals surface area (Å²) >= 11 is 0. The minimum absolute atomic E-state index is 0.0396. The van der Waals surface area contributed by atoms with Crippen LogP contribution in [0.1, 0.15) is 75.3 Å². The highest BCUT2D eigenvalue weighted by Gasteiger charge is 2.33. The van der Waals surface area contributed by atoms with E-state index in [1.165, 1.54) is 0 Å². The Labute approximate surface area is 161 Å². The number of likely N-dealkylation sites (tertiary alicyclic amines) is 1. The van der Waals surface area contributed by atoms with Gasteiger partial charge < -0.3 is 9.42 Å². The third-order valence-corrected chi connectivity index (χ3v) is 5.16. The number of piperidine rings is 1. The second-order valence-corrected chi connectivity index (χ2v) is 8.77. The number of carbonyl (C=O) groups is 1. The highest BCUT2D eigenvalue weighted by atomic mass is 16.5. The van der Waals surface area contributed by atoms with Crippen molar-refractivity contribution in [1.82, 2.24) is 20.0 Å². The van der Waals surface area contributed by atoms with E-state index in [9.17, 15) is 4.79 Å². The lowest BCUT2D eigenvalue weighted by atomic mass is 9.89. The summed E-state index contributed by atoms with van der Waals surface area (Å²) in [4.78, 5) is 24.2.